The van der Waals surface area contributed by atoms with Crippen LogP contribution in [0.3, 0.4) is 0 Å². The van der Waals surface area contributed by atoms with E-state index in [1.807, 2.05) is 0 Å². The van der Waals surface area contributed by atoms with E-state index in [4.69, 9.17) is 4.74 Å². The average molecular weight is 491 g/mol. The average Bonchev–Trinajstić information content (AvgIpc) is 2.72. The van der Waals surface area contributed by atoms with Gasteiger partial charge >= 0.3 is 5.97 Å². The first kappa shape index (κ1) is 21.8. The number of halogens is 1. The number of aryl methyl sites for hydroxylation is 1. The van der Waals surface area contributed by atoms with Gasteiger partial charge in [-0.2, -0.15) is 0 Å². The molecule has 1 aromatic heterocycles. The lowest BCUT2D eigenvalue weighted by Gasteiger charge is -2.28. The SMILES string of the molecule is COc1ccc(S(=O)(=O)N(Cc2cccnc2)c2c(C)cc(Br)cc2C(=O)O)cc1. The van der Waals surface area contributed by atoms with Crippen LogP contribution in [0.25, 0.3) is 0 Å². The zero-order valence-corrected chi connectivity index (χ0v) is 18.6. The van der Waals surface area contributed by atoms with Crippen LogP contribution in [0, 0.1) is 6.92 Å². The molecule has 2 aromatic carbocycles. The van der Waals surface area contributed by atoms with E-state index in [1.165, 1.54) is 25.3 Å². The van der Waals surface area contributed by atoms with E-state index >= 15 is 0 Å². The van der Waals surface area contributed by atoms with E-state index in [-0.39, 0.29) is 22.7 Å². The molecule has 0 bridgehead atoms. The van der Waals surface area contributed by atoms with Crippen molar-refractivity contribution in [3.63, 3.8) is 0 Å². The summed E-state index contributed by atoms with van der Waals surface area (Å²) >= 11 is 3.29. The van der Waals surface area contributed by atoms with Gasteiger partial charge in [-0.05, 0) is 60.5 Å². The van der Waals surface area contributed by atoms with Crippen molar-refractivity contribution in [3.8, 4) is 5.75 Å². The van der Waals surface area contributed by atoms with Crippen molar-refractivity contribution in [2.24, 2.45) is 0 Å². The van der Waals surface area contributed by atoms with Crippen molar-refractivity contribution >= 4 is 37.6 Å². The molecule has 3 aromatic rings. The van der Waals surface area contributed by atoms with Gasteiger partial charge in [0.05, 0.1) is 29.8 Å². The van der Waals surface area contributed by atoms with Gasteiger partial charge in [-0.25, -0.2) is 13.2 Å². The Morgan fingerprint density at radius 1 is 1.20 bits per heavy atom. The van der Waals surface area contributed by atoms with Gasteiger partial charge in [0.25, 0.3) is 10.0 Å². The van der Waals surface area contributed by atoms with Gasteiger partial charge in [-0.1, -0.05) is 22.0 Å². The first-order valence-electron chi connectivity index (χ1n) is 8.83. The Hall–Kier alpha value is -2.91. The van der Waals surface area contributed by atoms with Gasteiger partial charge in [0.15, 0.2) is 0 Å². The van der Waals surface area contributed by atoms with Gasteiger partial charge in [0.1, 0.15) is 5.75 Å². The van der Waals surface area contributed by atoms with Crippen molar-refractivity contribution in [3.05, 3.63) is 82.1 Å². The van der Waals surface area contributed by atoms with E-state index in [0.29, 0.717) is 21.3 Å². The Kier molecular flexibility index (Phi) is 6.42. The summed E-state index contributed by atoms with van der Waals surface area (Å²) in [6.07, 6.45) is 3.13. The zero-order valence-electron chi connectivity index (χ0n) is 16.2. The van der Waals surface area contributed by atoms with Crippen LogP contribution in [0.2, 0.25) is 0 Å². The van der Waals surface area contributed by atoms with Gasteiger partial charge in [0, 0.05) is 16.9 Å². The minimum Gasteiger partial charge on any atom is -0.497 e. The molecule has 7 nitrogen and oxygen atoms in total. The van der Waals surface area contributed by atoms with Gasteiger partial charge in [-0.15, -0.1) is 0 Å². The minimum atomic E-state index is -4.10. The van der Waals surface area contributed by atoms with Crippen LogP contribution in [0.5, 0.6) is 5.75 Å². The first-order chi connectivity index (χ1) is 14.2. The molecule has 1 N–H and O–H groups in total. The number of anilines is 1. The van der Waals surface area contributed by atoms with Gasteiger partial charge < -0.3 is 9.84 Å². The molecule has 0 fully saturated rings. The molecule has 156 valence electrons. The largest absolute Gasteiger partial charge is 0.497 e. The highest BCUT2D eigenvalue weighted by Crippen LogP contribution is 2.34. The molecule has 0 saturated heterocycles. The van der Waals surface area contributed by atoms with Crippen LogP contribution >= 0.6 is 15.9 Å². The number of carboxylic acids is 1. The number of aromatic nitrogens is 1. The molecule has 1 heterocycles. The fourth-order valence-corrected chi connectivity index (χ4v) is 5.15. The number of hydrogen-bond donors (Lipinski definition) is 1. The van der Waals surface area contributed by atoms with Gasteiger partial charge in [0.2, 0.25) is 0 Å². The molecule has 0 unspecified atom stereocenters. The molecule has 0 aliphatic carbocycles. The van der Waals surface area contributed by atoms with Crippen molar-refractivity contribution in [2.75, 3.05) is 11.4 Å². The lowest BCUT2D eigenvalue weighted by molar-refractivity contribution is 0.0697. The predicted molar refractivity (Wildman–Crippen MR) is 116 cm³/mol. The van der Waals surface area contributed by atoms with Crippen molar-refractivity contribution < 1.29 is 23.1 Å². The molecule has 0 spiro atoms. The summed E-state index contributed by atoms with van der Waals surface area (Å²) in [5, 5.41) is 9.76. The zero-order chi connectivity index (χ0) is 21.9. The lowest BCUT2D eigenvalue weighted by Crippen LogP contribution is -2.32. The quantitative estimate of drug-likeness (QED) is 0.531. The van der Waals surface area contributed by atoms with Crippen LogP contribution in [-0.4, -0.2) is 31.6 Å². The maximum Gasteiger partial charge on any atom is 0.337 e. The number of pyridine rings is 1. The van der Waals surface area contributed by atoms with Crippen molar-refractivity contribution in [1.82, 2.24) is 4.98 Å². The molecule has 0 radical (unpaired) electrons. The summed E-state index contributed by atoms with van der Waals surface area (Å²) < 4.78 is 34.0. The molecule has 0 aliphatic heterocycles. The van der Waals surface area contributed by atoms with Crippen LogP contribution in [0.15, 0.2) is 70.3 Å². The molecule has 30 heavy (non-hydrogen) atoms. The first-order valence-corrected chi connectivity index (χ1v) is 11.1. The fraction of sp³-hybridized carbons (Fsp3) is 0.143. The normalized spacial score (nSPS) is 11.2. The molecule has 0 saturated carbocycles. The summed E-state index contributed by atoms with van der Waals surface area (Å²) in [7, 11) is -2.61. The molecule has 0 aliphatic rings. The number of hydrogen-bond acceptors (Lipinski definition) is 5. The van der Waals surface area contributed by atoms with E-state index in [2.05, 4.69) is 20.9 Å². The topological polar surface area (TPSA) is 96.8 Å². The number of rotatable bonds is 7. The maximum atomic E-state index is 13.6. The smallest absolute Gasteiger partial charge is 0.337 e. The molecule has 3 rings (SSSR count). The molecular weight excluding hydrogens is 472 g/mol. The van der Waals surface area contributed by atoms with Crippen LogP contribution in [0.4, 0.5) is 5.69 Å². The number of aromatic carboxylic acids is 1. The summed E-state index contributed by atoms with van der Waals surface area (Å²) in [5.41, 5.74) is 1.10. The standard InChI is InChI=1S/C21H19BrN2O5S/c1-14-10-16(22)11-19(21(25)26)20(14)24(13-15-4-3-9-23-12-15)30(27,28)18-7-5-17(29-2)6-8-18/h3-12H,13H2,1-2H3,(H,25,26). The van der Waals surface area contributed by atoms with Crippen LogP contribution < -0.4 is 9.04 Å². The predicted octanol–water partition coefficient (Wildman–Crippen LogP) is 4.25. The third-order valence-electron chi connectivity index (χ3n) is 4.44. The third-order valence-corrected chi connectivity index (χ3v) is 6.66. The minimum absolute atomic E-state index is 0.0193. The van der Waals surface area contributed by atoms with Crippen molar-refractivity contribution in [1.29, 1.82) is 0 Å². The number of carbonyl (C=O) groups is 1. The second-order valence-electron chi connectivity index (χ2n) is 6.47. The van der Waals surface area contributed by atoms with E-state index in [0.717, 1.165) is 4.31 Å². The number of carboxylic acid groups (broad SMARTS) is 1. The number of methoxy groups -OCH3 is 1. The molecule has 9 heteroatoms. The highest BCUT2D eigenvalue weighted by Gasteiger charge is 2.30. The third kappa shape index (κ3) is 4.47. The number of benzene rings is 2. The van der Waals surface area contributed by atoms with E-state index in [1.54, 1.807) is 49.6 Å². The summed E-state index contributed by atoms with van der Waals surface area (Å²) in [6.45, 7) is 1.59. The molecular formula is C21H19BrN2O5S. The van der Waals surface area contributed by atoms with E-state index < -0.39 is 16.0 Å². The number of nitrogens with zero attached hydrogens (tertiary/aromatic N) is 2. The van der Waals surface area contributed by atoms with Crippen molar-refractivity contribution in [2.45, 2.75) is 18.4 Å². The number of sulfonamides is 1. The fourth-order valence-electron chi connectivity index (χ4n) is 3.05. The monoisotopic (exact) mass is 490 g/mol. The van der Waals surface area contributed by atoms with Crippen LogP contribution in [-0.2, 0) is 16.6 Å². The van der Waals surface area contributed by atoms with Gasteiger partial charge in [-0.3, -0.25) is 9.29 Å². The Morgan fingerprint density at radius 3 is 2.47 bits per heavy atom. The highest BCUT2D eigenvalue weighted by atomic mass is 79.9. The van der Waals surface area contributed by atoms with Crippen LogP contribution in [0.1, 0.15) is 21.5 Å². The Labute approximate surface area is 183 Å². The second-order valence-corrected chi connectivity index (χ2v) is 9.25. The summed E-state index contributed by atoms with van der Waals surface area (Å²) in [5.74, 6) is -0.714. The lowest BCUT2D eigenvalue weighted by atomic mass is 10.1. The Balaban J connectivity index is 2.23. The maximum absolute atomic E-state index is 13.6. The second kappa shape index (κ2) is 8.85. The van der Waals surface area contributed by atoms with E-state index in [9.17, 15) is 18.3 Å². The summed E-state index contributed by atoms with van der Waals surface area (Å²) in [6, 6.07) is 12.5. The Morgan fingerprint density at radius 2 is 1.90 bits per heavy atom. The molecule has 0 amide bonds. The summed E-state index contributed by atoms with van der Waals surface area (Å²) in [4.78, 5) is 16.0. The number of ether oxygens (including phenoxy) is 1. The Bertz CT molecular complexity index is 1170. The molecule has 0 atom stereocenters. The highest BCUT2D eigenvalue weighted by molar-refractivity contribution is 9.10.